The number of rotatable bonds is 8. The summed E-state index contributed by atoms with van der Waals surface area (Å²) < 4.78 is 4.97. The van der Waals surface area contributed by atoms with E-state index in [1.54, 1.807) is 44.2 Å². The van der Waals surface area contributed by atoms with Crippen LogP contribution in [0, 0.1) is 0 Å². The minimum atomic E-state index is -0.934. The molecule has 2 heterocycles. The van der Waals surface area contributed by atoms with Gasteiger partial charge in [-0.25, -0.2) is 4.79 Å². The zero-order valence-electron chi connectivity index (χ0n) is 19.3. The lowest BCUT2D eigenvalue weighted by atomic mass is 9.82. The van der Waals surface area contributed by atoms with E-state index in [9.17, 15) is 14.4 Å². The lowest BCUT2D eigenvalue weighted by Gasteiger charge is -2.27. The minimum absolute atomic E-state index is 0.0479. The van der Waals surface area contributed by atoms with E-state index in [1.807, 2.05) is 41.9 Å². The molecule has 4 aromatic rings. The largest absolute Gasteiger partial charge is 0.467 e. The van der Waals surface area contributed by atoms with E-state index in [0.29, 0.717) is 16.9 Å². The monoisotopic (exact) mass is 474 g/mol. The van der Waals surface area contributed by atoms with Crippen LogP contribution in [0.15, 0.2) is 72.2 Å². The van der Waals surface area contributed by atoms with Gasteiger partial charge in [-0.2, -0.15) is 0 Å². The van der Waals surface area contributed by atoms with Crippen LogP contribution in [0.3, 0.4) is 0 Å². The van der Waals surface area contributed by atoms with Crippen molar-refractivity contribution in [2.24, 2.45) is 0 Å². The molecule has 0 unspecified atom stereocenters. The van der Waals surface area contributed by atoms with Gasteiger partial charge in [0.25, 0.3) is 0 Å². The van der Waals surface area contributed by atoms with Gasteiger partial charge in [-0.3, -0.25) is 9.59 Å². The number of methoxy groups -OCH3 is 1. The predicted molar refractivity (Wildman–Crippen MR) is 133 cm³/mol. The Morgan fingerprint density at radius 2 is 1.76 bits per heavy atom. The molecular weight excluding hydrogens is 448 g/mol. The number of para-hydroxylation sites is 1. The van der Waals surface area contributed by atoms with E-state index in [-0.39, 0.29) is 11.7 Å². The smallest absolute Gasteiger partial charge is 0.328 e. The molecule has 0 aliphatic carbocycles. The Kier molecular flexibility index (Phi) is 6.65. The average Bonchev–Trinajstić information content (AvgIpc) is 3.53. The van der Waals surface area contributed by atoms with Gasteiger partial charge in [0.2, 0.25) is 11.7 Å². The quantitative estimate of drug-likeness (QED) is 0.288. The maximum atomic E-state index is 13.3. The van der Waals surface area contributed by atoms with Gasteiger partial charge in [0.15, 0.2) is 0 Å². The fourth-order valence-corrected chi connectivity index (χ4v) is 4.60. The van der Waals surface area contributed by atoms with Gasteiger partial charge < -0.3 is 15.0 Å². The number of carbonyl (C=O) groups is 3. The molecule has 0 saturated carbocycles. The highest BCUT2D eigenvalue weighted by atomic mass is 32.1. The molecule has 4 rings (SSSR count). The van der Waals surface area contributed by atoms with Crippen molar-refractivity contribution >= 4 is 39.9 Å². The van der Waals surface area contributed by atoms with Crippen molar-refractivity contribution in [2.45, 2.75) is 31.7 Å². The molecule has 174 valence electrons. The summed E-state index contributed by atoms with van der Waals surface area (Å²) in [5, 5.41) is 5.74. The molecule has 2 aromatic heterocycles. The first-order chi connectivity index (χ1) is 16.3. The van der Waals surface area contributed by atoms with Gasteiger partial charge in [0, 0.05) is 29.1 Å². The number of esters is 1. The third kappa shape index (κ3) is 4.65. The topological polar surface area (TPSA) is 88.3 Å². The summed E-state index contributed by atoms with van der Waals surface area (Å²) in [5.41, 5.74) is 2.25. The molecule has 6 nitrogen and oxygen atoms in total. The number of H-pyrrole nitrogens is 1. The van der Waals surface area contributed by atoms with Crippen molar-refractivity contribution in [3.8, 4) is 0 Å². The van der Waals surface area contributed by atoms with Gasteiger partial charge in [0.1, 0.15) is 6.04 Å². The molecule has 0 saturated heterocycles. The number of hydrogen-bond donors (Lipinski definition) is 2. The summed E-state index contributed by atoms with van der Waals surface area (Å²) in [6.45, 7) is 3.58. The van der Waals surface area contributed by atoms with Gasteiger partial charge >= 0.3 is 5.97 Å². The second-order valence-corrected chi connectivity index (χ2v) is 9.57. The summed E-state index contributed by atoms with van der Waals surface area (Å²) in [5.74, 6) is -0.861. The lowest BCUT2D eigenvalue weighted by molar-refractivity contribution is -0.145. The van der Waals surface area contributed by atoms with Crippen LogP contribution in [0.5, 0.6) is 0 Å². The number of hydrogen-bond acceptors (Lipinski definition) is 5. The summed E-state index contributed by atoms with van der Waals surface area (Å²) in [7, 11) is 1.31. The van der Waals surface area contributed by atoms with E-state index < -0.39 is 17.4 Å². The Morgan fingerprint density at radius 3 is 2.44 bits per heavy atom. The van der Waals surface area contributed by atoms with Crippen LogP contribution in [0.1, 0.15) is 40.2 Å². The number of amides is 1. The SMILES string of the molecule is COC(=O)[C@H](Cc1c[nH]c2ccccc12)NC(=O)C(C)(C)c1ccc(C(=O)c2cccs2)cc1. The second-order valence-electron chi connectivity index (χ2n) is 8.62. The summed E-state index contributed by atoms with van der Waals surface area (Å²) >= 11 is 1.39. The summed E-state index contributed by atoms with van der Waals surface area (Å²) in [6, 6.07) is 17.6. The van der Waals surface area contributed by atoms with Crippen LogP contribution in [-0.4, -0.2) is 35.8 Å². The highest BCUT2D eigenvalue weighted by Gasteiger charge is 2.34. The van der Waals surface area contributed by atoms with E-state index in [2.05, 4.69) is 10.3 Å². The number of aromatic amines is 1. The normalized spacial score (nSPS) is 12.3. The summed E-state index contributed by atoms with van der Waals surface area (Å²) in [4.78, 5) is 42.3. The first-order valence-corrected chi connectivity index (χ1v) is 11.8. The molecule has 1 amide bonds. The summed E-state index contributed by atoms with van der Waals surface area (Å²) in [6.07, 6.45) is 2.15. The van der Waals surface area contributed by atoms with Gasteiger partial charge in [-0.15, -0.1) is 11.3 Å². The lowest BCUT2D eigenvalue weighted by Crippen LogP contribution is -2.49. The molecule has 2 aromatic carbocycles. The number of thiophene rings is 1. The number of ether oxygens (including phenoxy) is 1. The first kappa shape index (κ1) is 23.4. The fourth-order valence-electron chi connectivity index (χ4n) is 3.91. The van der Waals surface area contributed by atoms with Crippen LogP contribution in [-0.2, 0) is 26.2 Å². The molecular formula is C27H26N2O4S. The molecule has 0 aliphatic heterocycles. The Bertz CT molecular complexity index is 1320. The van der Waals surface area contributed by atoms with E-state index in [0.717, 1.165) is 22.0 Å². The van der Waals surface area contributed by atoms with Crippen molar-refractivity contribution in [1.29, 1.82) is 0 Å². The van der Waals surface area contributed by atoms with Crippen LogP contribution in [0.4, 0.5) is 0 Å². The van der Waals surface area contributed by atoms with Gasteiger partial charge in [-0.05, 0) is 42.5 Å². The van der Waals surface area contributed by atoms with Crippen LogP contribution in [0.2, 0.25) is 0 Å². The third-order valence-electron chi connectivity index (χ3n) is 6.07. The van der Waals surface area contributed by atoms with Crippen molar-refractivity contribution in [3.63, 3.8) is 0 Å². The first-order valence-electron chi connectivity index (χ1n) is 10.9. The minimum Gasteiger partial charge on any atom is -0.467 e. The standard InChI is InChI=1S/C27H26N2O4S/c1-27(2,19-12-10-17(11-13-19)24(30)23-9-6-14-34-23)26(32)29-22(25(31)33-3)15-18-16-28-21-8-5-4-7-20(18)21/h4-14,16,22,28H,15H2,1-3H3,(H,29,32)/t22-/m0/s1. The van der Waals surface area contributed by atoms with Crippen molar-refractivity contribution in [3.05, 3.63) is 93.8 Å². The van der Waals surface area contributed by atoms with Gasteiger partial charge in [-0.1, -0.05) is 48.5 Å². The predicted octanol–water partition coefficient (Wildman–Crippen LogP) is 4.64. The Morgan fingerprint density at radius 1 is 1.03 bits per heavy atom. The fraction of sp³-hybridized carbons (Fsp3) is 0.222. The molecule has 7 heteroatoms. The molecule has 2 N–H and O–H groups in total. The van der Waals surface area contributed by atoms with Crippen molar-refractivity contribution < 1.29 is 19.1 Å². The second kappa shape index (κ2) is 9.65. The van der Waals surface area contributed by atoms with E-state index >= 15 is 0 Å². The number of aromatic nitrogens is 1. The number of fused-ring (bicyclic) bond motifs is 1. The highest BCUT2D eigenvalue weighted by molar-refractivity contribution is 7.12. The van der Waals surface area contributed by atoms with E-state index in [4.69, 9.17) is 4.74 Å². The molecule has 34 heavy (non-hydrogen) atoms. The maximum Gasteiger partial charge on any atom is 0.328 e. The zero-order chi connectivity index (χ0) is 24.3. The number of nitrogens with one attached hydrogen (secondary N) is 2. The highest BCUT2D eigenvalue weighted by Crippen LogP contribution is 2.26. The van der Waals surface area contributed by atoms with Gasteiger partial charge in [0.05, 0.1) is 17.4 Å². The molecule has 0 bridgehead atoms. The number of benzene rings is 2. The molecule has 0 radical (unpaired) electrons. The Labute approximate surface area is 202 Å². The van der Waals surface area contributed by atoms with Crippen molar-refractivity contribution in [2.75, 3.05) is 7.11 Å². The maximum absolute atomic E-state index is 13.3. The van der Waals surface area contributed by atoms with E-state index in [1.165, 1.54) is 18.4 Å². The van der Waals surface area contributed by atoms with Crippen molar-refractivity contribution in [1.82, 2.24) is 10.3 Å². The van der Waals surface area contributed by atoms with Crippen LogP contribution >= 0.6 is 11.3 Å². The third-order valence-corrected chi connectivity index (χ3v) is 6.94. The average molecular weight is 475 g/mol. The number of carbonyl (C=O) groups excluding carboxylic acids is 3. The Hall–Kier alpha value is -3.71. The van der Waals surface area contributed by atoms with Crippen LogP contribution in [0.25, 0.3) is 10.9 Å². The zero-order valence-corrected chi connectivity index (χ0v) is 20.1. The molecule has 0 aliphatic rings. The molecule has 0 spiro atoms. The molecule has 1 atom stereocenters. The van der Waals surface area contributed by atoms with Crippen LogP contribution < -0.4 is 5.32 Å². The molecule has 0 fully saturated rings. The number of ketones is 1. The Balaban J connectivity index is 1.52.